The van der Waals surface area contributed by atoms with Crippen molar-refractivity contribution in [2.45, 2.75) is 194 Å². The highest BCUT2D eigenvalue weighted by Gasteiger charge is 2.45. The Labute approximate surface area is 442 Å². The summed E-state index contributed by atoms with van der Waals surface area (Å²) in [6.45, 7) is 17.6. The largest absolute Gasteiger partial charge is 0.497 e. The second kappa shape index (κ2) is 27.8. The van der Waals surface area contributed by atoms with Gasteiger partial charge < -0.3 is 60.6 Å². The molecule has 75 heavy (non-hydrogen) atoms. The van der Waals surface area contributed by atoms with E-state index in [-0.39, 0.29) is 50.6 Å². The van der Waals surface area contributed by atoms with Crippen molar-refractivity contribution in [3.8, 4) is 5.75 Å². The summed E-state index contributed by atoms with van der Waals surface area (Å²) in [5.74, 6) is -7.00. The van der Waals surface area contributed by atoms with Crippen molar-refractivity contribution < 1.29 is 62.8 Å². The number of ether oxygens (including phenoxy) is 2. The number of fused-ring (bicyclic) bond motifs is 1. The van der Waals surface area contributed by atoms with Crippen molar-refractivity contribution in [2.24, 2.45) is 23.7 Å². The average Bonchev–Trinajstić information content (AvgIpc) is 4.06. The number of nitrogens with one attached hydrogen (secondary N) is 4. The fraction of sp³-hybridized carbons (Fsp3) is 0.722. The molecule has 0 bridgehead atoms. The number of methoxy groups -OCH3 is 1. The van der Waals surface area contributed by atoms with Crippen LogP contribution < -0.4 is 26.0 Å². The highest BCUT2D eigenvalue weighted by molar-refractivity contribution is 5.97. The number of hydrogen-bond donors (Lipinski definition) is 6. The van der Waals surface area contributed by atoms with Crippen molar-refractivity contribution in [3.63, 3.8) is 0 Å². The molecule has 3 saturated heterocycles. The van der Waals surface area contributed by atoms with Crippen molar-refractivity contribution >= 4 is 53.2 Å². The van der Waals surface area contributed by atoms with E-state index in [2.05, 4.69) is 21.3 Å². The lowest BCUT2D eigenvalue weighted by Gasteiger charge is -2.36. The monoisotopic (exact) mass is 1050 g/mol. The van der Waals surface area contributed by atoms with Crippen molar-refractivity contribution in [3.05, 3.63) is 29.8 Å². The SMILES string of the molecule is CC[C@H](C)[C@H]1NC(=O)[C@@H](NC(=O)[C@@H](CC(C)C)N(C)C(=O)C2CCCN2C(=O)[C@@H](C)O)[C@@H](C)OC(=O)[C@H](Cc2ccc(OC)cc2)N(C)C(=O)C2CCCN2C(=O)[C@H](CC(C)C)NC(=O)[C@H](C(C)C)NC(=O)C[C@@H]1O. The molecule has 0 spiro atoms. The van der Waals surface area contributed by atoms with E-state index in [4.69, 9.17) is 9.47 Å². The number of cyclic esters (lactones) is 1. The van der Waals surface area contributed by atoms with Crippen LogP contribution in [0.3, 0.4) is 0 Å². The molecule has 12 atom stereocenters. The van der Waals surface area contributed by atoms with Crippen LogP contribution in [0.4, 0.5) is 0 Å². The minimum atomic E-state index is -1.71. The maximum Gasteiger partial charge on any atom is 0.329 e. The van der Waals surface area contributed by atoms with Gasteiger partial charge in [0.2, 0.25) is 41.4 Å². The molecule has 420 valence electrons. The number of benzene rings is 1. The molecule has 6 N–H and O–H groups in total. The molecule has 8 amide bonds. The number of esters is 1. The number of amides is 8. The van der Waals surface area contributed by atoms with Gasteiger partial charge in [-0.05, 0) is 93.7 Å². The fourth-order valence-corrected chi connectivity index (χ4v) is 10.2. The maximum absolute atomic E-state index is 14.9. The predicted molar refractivity (Wildman–Crippen MR) is 278 cm³/mol. The lowest BCUT2D eigenvalue weighted by molar-refractivity contribution is -0.162. The fourth-order valence-electron chi connectivity index (χ4n) is 10.2. The lowest BCUT2D eigenvalue weighted by Crippen LogP contribution is -2.62. The molecule has 2 unspecified atom stereocenters. The zero-order valence-electron chi connectivity index (χ0n) is 46.4. The smallest absolute Gasteiger partial charge is 0.329 e. The van der Waals surface area contributed by atoms with E-state index in [1.54, 1.807) is 45.0 Å². The average molecular weight is 1060 g/mol. The number of carbonyl (C=O) groups is 9. The summed E-state index contributed by atoms with van der Waals surface area (Å²) in [5.41, 5.74) is 0.602. The van der Waals surface area contributed by atoms with Crippen LogP contribution in [0.5, 0.6) is 5.75 Å². The number of rotatable bonds is 15. The van der Waals surface area contributed by atoms with Crippen LogP contribution in [0.2, 0.25) is 0 Å². The Morgan fingerprint density at radius 2 is 1.52 bits per heavy atom. The molecular weight excluding hydrogens is 969 g/mol. The molecule has 0 saturated carbocycles. The summed E-state index contributed by atoms with van der Waals surface area (Å²) in [4.78, 5) is 134. The quantitative estimate of drug-likeness (QED) is 0.137. The van der Waals surface area contributed by atoms with E-state index in [0.29, 0.717) is 37.0 Å². The summed E-state index contributed by atoms with van der Waals surface area (Å²) in [5, 5.41) is 33.1. The summed E-state index contributed by atoms with van der Waals surface area (Å²) < 4.78 is 11.5. The van der Waals surface area contributed by atoms with E-state index < -0.39 is 138 Å². The normalized spacial score (nSPS) is 27.2. The number of nitrogens with zero attached hydrogens (tertiary/aromatic N) is 4. The molecule has 1 aromatic rings. The van der Waals surface area contributed by atoms with Crippen LogP contribution in [-0.2, 0) is 54.3 Å². The number of likely N-dealkylation sites (N-methyl/N-ethyl adjacent to an activating group) is 2. The number of hydrogen-bond acceptors (Lipinski definition) is 13. The first-order valence-electron chi connectivity index (χ1n) is 26.8. The van der Waals surface area contributed by atoms with E-state index in [1.165, 1.54) is 54.7 Å². The van der Waals surface area contributed by atoms with Crippen molar-refractivity contribution in [1.29, 1.82) is 0 Å². The first-order valence-corrected chi connectivity index (χ1v) is 26.8. The zero-order chi connectivity index (χ0) is 56.2. The van der Waals surface area contributed by atoms with Crippen LogP contribution in [0.25, 0.3) is 0 Å². The second-order valence-corrected chi connectivity index (χ2v) is 22.0. The molecule has 3 fully saturated rings. The molecule has 1 aromatic carbocycles. The van der Waals surface area contributed by atoms with E-state index in [1.807, 2.05) is 34.6 Å². The maximum atomic E-state index is 14.9. The van der Waals surface area contributed by atoms with Gasteiger partial charge in [-0.3, -0.25) is 38.4 Å². The third-order valence-corrected chi connectivity index (χ3v) is 14.8. The van der Waals surface area contributed by atoms with Gasteiger partial charge in [0.1, 0.15) is 60.3 Å². The zero-order valence-corrected chi connectivity index (χ0v) is 46.4. The molecule has 21 nitrogen and oxygen atoms in total. The Bertz CT molecular complexity index is 2170. The summed E-state index contributed by atoms with van der Waals surface area (Å²) in [7, 11) is 4.35. The van der Waals surface area contributed by atoms with Crippen molar-refractivity contribution in [1.82, 2.24) is 40.9 Å². The van der Waals surface area contributed by atoms with Crippen molar-refractivity contribution in [2.75, 3.05) is 34.3 Å². The van der Waals surface area contributed by atoms with Crippen LogP contribution in [0.15, 0.2) is 24.3 Å². The van der Waals surface area contributed by atoms with Gasteiger partial charge in [-0.1, -0.05) is 73.9 Å². The Kier molecular flexibility index (Phi) is 22.9. The molecule has 0 radical (unpaired) electrons. The Balaban J connectivity index is 1.87. The summed E-state index contributed by atoms with van der Waals surface area (Å²) >= 11 is 0. The van der Waals surface area contributed by atoms with Crippen LogP contribution in [-0.4, -0.2) is 184 Å². The number of aliphatic hydroxyl groups is 2. The molecule has 0 aliphatic carbocycles. The Hall–Kier alpha value is -5.83. The number of aliphatic hydroxyl groups excluding tert-OH is 2. The van der Waals surface area contributed by atoms with Crippen LogP contribution in [0, 0.1) is 23.7 Å². The topological polar surface area (TPSA) is 274 Å². The van der Waals surface area contributed by atoms with Gasteiger partial charge >= 0.3 is 5.97 Å². The first kappa shape index (κ1) is 61.7. The molecule has 3 aliphatic heterocycles. The molecule has 0 aromatic heterocycles. The summed E-state index contributed by atoms with van der Waals surface area (Å²) in [6.07, 6.45) is -2.87. The Morgan fingerprint density at radius 3 is 2.09 bits per heavy atom. The van der Waals surface area contributed by atoms with Gasteiger partial charge in [0.25, 0.3) is 5.91 Å². The second-order valence-electron chi connectivity index (χ2n) is 22.0. The van der Waals surface area contributed by atoms with Gasteiger partial charge in [0, 0.05) is 33.6 Å². The van der Waals surface area contributed by atoms with E-state index >= 15 is 0 Å². The number of likely N-dealkylation sites (tertiary alicyclic amines) is 1. The minimum absolute atomic E-state index is 0.0805. The summed E-state index contributed by atoms with van der Waals surface area (Å²) in [6, 6.07) is -2.85. The predicted octanol–water partition coefficient (Wildman–Crippen LogP) is 1.68. The minimum Gasteiger partial charge on any atom is -0.497 e. The highest BCUT2D eigenvalue weighted by Crippen LogP contribution is 2.27. The molecule has 4 rings (SSSR count). The third-order valence-electron chi connectivity index (χ3n) is 14.8. The van der Waals surface area contributed by atoms with Gasteiger partial charge in [-0.15, -0.1) is 0 Å². The molecule has 3 aliphatic rings. The highest BCUT2D eigenvalue weighted by atomic mass is 16.5. The number of carbonyl (C=O) groups excluding carboxylic acids is 9. The van der Waals surface area contributed by atoms with Gasteiger partial charge in [-0.25, -0.2) is 4.79 Å². The Morgan fingerprint density at radius 1 is 0.880 bits per heavy atom. The molecule has 21 heteroatoms. The van der Waals surface area contributed by atoms with Gasteiger partial charge in [0.15, 0.2) is 0 Å². The van der Waals surface area contributed by atoms with Gasteiger partial charge in [0.05, 0.1) is 25.7 Å². The molecular formula is C54H86N8O13. The van der Waals surface area contributed by atoms with Gasteiger partial charge in [-0.2, -0.15) is 0 Å². The van der Waals surface area contributed by atoms with E-state index in [0.717, 1.165) is 0 Å². The van der Waals surface area contributed by atoms with E-state index in [9.17, 15) is 53.4 Å². The molecule has 3 heterocycles. The third kappa shape index (κ3) is 16.1. The van der Waals surface area contributed by atoms with Crippen LogP contribution >= 0.6 is 0 Å². The first-order chi connectivity index (χ1) is 35.2. The van der Waals surface area contributed by atoms with Crippen LogP contribution in [0.1, 0.15) is 126 Å². The lowest BCUT2D eigenvalue weighted by atomic mass is 9.91. The standard InChI is InChI=1S/C54H86N8O13/c1-14-32(8)45-42(64)28-43(65)56-44(31(6)7)48(67)55-37(25-29(2)3)51(70)62-24-16-18-39(62)53(72)60(12)41(27-35-19-21-36(74-13)22-20-35)54(73)75-34(10)46(49(68)57-45)58-47(66)40(26-30(4)5)59(11)52(71)38-17-15-23-61(38)50(69)33(9)63/h19-22,29-34,37-42,44-46,63-64H,14-18,23-28H2,1-13H3,(H,55,67)(H,56,65)(H,57,68)(H,58,66)/t32-,33+,34+,37-,38?,39?,40+,41-,42-,44-,45+,46-/m0/s1.